The van der Waals surface area contributed by atoms with Gasteiger partial charge >= 0.3 is 5.97 Å². The van der Waals surface area contributed by atoms with E-state index in [9.17, 15) is 14.4 Å². The van der Waals surface area contributed by atoms with Gasteiger partial charge in [-0.05, 0) is 48.4 Å². The third-order valence-electron chi connectivity index (χ3n) is 4.24. The number of benzene rings is 2. The first-order valence-corrected chi connectivity index (χ1v) is 9.04. The molecule has 0 aliphatic carbocycles. The van der Waals surface area contributed by atoms with Gasteiger partial charge in [0, 0.05) is 23.3 Å². The Hall–Kier alpha value is -3.06. The van der Waals surface area contributed by atoms with Gasteiger partial charge in [-0.2, -0.15) is 0 Å². The van der Waals surface area contributed by atoms with Crippen molar-refractivity contribution in [1.29, 1.82) is 0 Å². The van der Waals surface area contributed by atoms with E-state index in [4.69, 9.17) is 21.1 Å². The summed E-state index contributed by atoms with van der Waals surface area (Å²) in [5, 5.41) is 5.67. The van der Waals surface area contributed by atoms with Crippen LogP contribution in [0.25, 0.3) is 0 Å². The topological polar surface area (TPSA) is 93.7 Å². The van der Waals surface area contributed by atoms with Gasteiger partial charge in [-0.15, -0.1) is 0 Å². The average Bonchev–Trinajstić information content (AvgIpc) is 2.71. The van der Waals surface area contributed by atoms with Crippen LogP contribution in [0.15, 0.2) is 42.5 Å². The molecule has 0 bridgehead atoms. The van der Waals surface area contributed by atoms with Crippen LogP contribution in [0.4, 0.5) is 5.69 Å². The van der Waals surface area contributed by atoms with E-state index < -0.39 is 24.4 Å². The lowest BCUT2D eigenvalue weighted by molar-refractivity contribution is -0.152. The van der Waals surface area contributed by atoms with Crippen molar-refractivity contribution in [2.45, 2.75) is 6.42 Å². The van der Waals surface area contributed by atoms with E-state index in [0.717, 1.165) is 5.56 Å². The number of halogens is 1. The van der Waals surface area contributed by atoms with E-state index in [2.05, 4.69) is 10.6 Å². The zero-order valence-corrected chi connectivity index (χ0v) is 15.9. The van der Waals surface area contributed by atoms with Gasteiger partial charge in [-0.3, -0.25) is 14.4 Å². The zero-order chi connectivity index (χ0) is 20.1. The van der Waals surface area contributed by atoms with Crippen molar-refractivity contribution in [3.8, 4) is 5.75 Å². The molecule has 2 aromatic carbocycles. The van der Waals surface area contributed by atoms with Crippen molar-refractivity contribution in [2.24, 2.45) is 5.92 Å². The number of rotatable bonds is 5. The summed E-state index contributed by atoms with van der Waals surface area (Å²) in [6, 6.07) is 11.7. The summed E-state index contributed by atoms with van der Waals surface area (Å²) in [5.74, 6) is -1.08. The summed E-state index contributed by atoms with van der Waals surface area (Å²) >= 11 is 5.97. The lowest BCUT2D eigenvalue weighted by atomic mass is 9.97. The first-order chi connectivity index (χ1) is 13.5. The first kappa shape index (κ1) is 19.7. The Morgan fingerprint density at radius 2 is 2.04 bits per heavy atom. The number of amides is 2. The molecule has 2 N–H and O–H groups in total. The maximum absolute atomic E-state index is 12.3. The zero-order valence-electron chi connectivity index (χ0n) is 15.2. The second-order valence-electron chi connectivity index (χ2n) is 6.28. The molecule has 0 fully saturated rings. The van der Waals surface area contributed by atoms with Crippen LogP contribution in [0.1, 0.15) is 15.9 Å². The molecule has 0 saturated heterocycles. The summed E-state index contributed by atoms with van der Waals surface area (Å²) in [4.78, 5) is 36.0. The number of fused-ring (bicyclic) bond motifs is 1. The Kier molecular flexibility index (Phi) is 6.16. The number of nitrogens with one attached hydrogen (secondary N) is 2. The van der Waals surface area contributed by atoms with Gasteiger partial charge in [0.15, 0.2) is 6.61 Å². The van der Waals surface area contributed by atoms with Gasteiger partial charge in [-0.1, -0.05) is 17.7 Å². The standard InChI is InChI=1S/C20H19ClN2O5/c1-22-19(25)12-3-2-4-16(9-12)23-18(24)11-28-20(26)14-7-13-8-15(21)5-6-17(13)27-10-14/h2-6,8-9,14H,7,10-11H2,1H3,(H,22,25)(H,23,24)/t14-/m1/s1. The largest absolute Gasteiger partial charge is 0.492 e. The number of carbonyl (C=O) groups excluding carboxylic acids is 3. The van der Waals surface area contributed by atoms with Crippen LogP contribution in [0.2, 0.25) is 5.02 Å². The summed E-state index contributed by atoms with van der Waals surface area (Å²) in [5.41, 5.74) is 1.68. The lowest BCUT2D eigenvalue weighted by Gasteiger charge is -2.24. The van der Waals surface area contributed by atoms with Gasteiger partial charge in [-0.25, -0.2) is 0 Å². The summed E-state index contributed by atoms with van der Waals surface area (Å²) in [7, 11) is 1.52. The monoisotopic (exact) mass is 402 g/mol. The SMILES string of the molecule is CNC(=O)c1cccc(NC(=O)COC(=O)[C@H]2COc3ccc(Cl)cc3C2)c1. The van der Waals surface area contributed by atoms with Crippen molar-refractivity contribution >= 4 is 35.1 Å². The normalized spacial score (nSPS) is 15.0. The lowest BCUT2D eigenvalue weighted by Crippen LogP contribution is -2.32. The highest BCUT2D eigenvalue weighted by Crippen LogP contribution is 2.30. The van der Waals surface area contributed by atoms with Crippen LogP contribution >= 0.6 is 11.6 Å². The summed E-state index contributed by atoms with van der Waals surface area (Å²) in [6.45, 7) is -0.245. The molecule has 2 aromatic rings. The molecule has 28 heavy (non-hydrogen) atoms. The number of anilines is 1. The van der Waals surface area contributed by atoms with E-state index >= 15 is 0 Å². The van der Waals surface area contributed by atoms with Crippen molar-refractivity contribution in [2.75, 3.05) is 25.6 Å². The molecule has 0 aromatic heterocycles. The fourth-order valence-electron chi connectivity index (χ4n) is 2.85. The number of hydrogen-bond donors (Lipinski definition) is 2. The van der Waals surface area contributed by atoms with Crippen LogP contribution in [-0.2, 0) is 20.7 Å². The molecule has 146 valence electrons. The maximum atomic E-state index is 12.3. The van der Waals surface area contributed by atoms with Gasteiger partial charge < -0.3 is 20.1 Å². The van der Waals surface area contributed by atoms with Crippen molar-refractivity contribution < 1.29 is 23.9 Å². The van der Waals surface area contributed by atoms with E-state index in [-0.39, 0.29) is 12.5 Å². The molecule has 7 nitrogen and oxygen atoms in total. The highest BCUT2D eigenvalue weighted by atomic mass is 35.5. The van der Waals surface area contributed by atoms with E-state index in [1.165, 1.54) is 13.1 Å². The Balaban J connectivity index is 1.52. The number of ether oxygens (including phenoxy) is 2. The Morgan fingerprint density at radius 3 is 2.82 bits per heavy atom. The molecule has 1 heterocycles. The fourth-order valence-corrected chi connectivity index (χ4v) is 3.04. The smallest absolute Gasteiger partial charge is 0.313 e. The second-order valence-corrected chi connectivity index (χ2v) is 6.72. The van der Waals surface area contributed by atoms with Crippen LogP contribution in [0.3, 0.4) is 0 Å². The average molecular weight is 403 g/mol. The first-order valence-electron chi connectivity index (χ1n) is 8.66. The fraction of sp³-hybridized carbons (Fsp3) is 0.250. The van der Waals surface area contributed by atoms with Crippen LogP contribution in [-0.4, -0.2) is 38.0 Å². The Bertz CT molecular complexity index is 915. The molecular weight excluding hydrogens is 384 g/mol. The predicted molar refractivity (Wildman–Crippen MR) is 104 cm³/mol. The third-order valence-corrected chi connectivity index (χ3v) is 4.48. The Morgan fingerprint density at radius 1 is 1.21 bits per heavy atom. The van der Waals surface area contributed by atoms with Gasteiger partial charge in [0.1, 0.15) is 12.4 Å². The van der Waals surface area contributed by atoms with Crippen LogP contribution in [0, 0.1) is 5.92 Å². The number of esters is 1. The van der Waals surface area contributed by atoms with Crippen molar-refractivity contribution in [3.05, 3.63) is 58.6 Å². The maximum Gasteiger partial charge on any atom is 0.313 e. The molecule has 0 radical (unpaired) electrons. The molecule has 2 amide bonds. The molecule has 1 aliphatic heterocycles. The van der Waals surface area contributed by atoms with E-state index in [1.807, 2.05) is 0 Å². The highest BCUT2D eigenvalue weighted by Gasteiger charge is 2.28. The van der Waals surface area contributed by atoms with Crippen LogP contribution < -0.4 is 15.4 Å². The summed E-state index contributed by atoms with van der Waals surface area (Å²) < 4.78 is 10.7. The van der Waals surface area contributed by atoms with Gasteiger partial charge in [0.25, 0.3) is 11.8 Å². The number of hydrogen-bond acceptors (Lipinski definition) is 5. The highest BCUT2D eigenvalue weighted by molar-refractivity contribution is 6.30. The molecule has 0 unspecified atom stereocenters. The predicted octanol–water partition coefficient (Wildman–Crippen LogP) is 2.43. The van der Waals surface area contributed by atoms with Crippen molar-refractivity contribution in [3.63, 3.8) is 0 Å². The summed E-state index contributed by atoms with van der Waals surface area (Å²) in [6.07, 6.45) is 0.435. The number of carbonyl (C=O) groups is 3. The minimum Gasteiger partial charge on any atom is -0.492 e. The molecule has 0 spiro atoms. The minimum atomic E-state index is -0.514. The van der Waals surface area contributed by atoms with Crippen molar-refractivity contribution in [1.82, 2.24) is 5.32 Å². The van der Waals surface area contributed by atoms with Gasteiger partial charge in [0.05, 0.1) is 5.92 Å². The van der Waals surface area contributed by atoms with E-state index in [0.29, 0.717) is 28.4 Å². The molecule has 1 aliphatic rings. The molecule has 3 rings (SSSR count). The Labute approximate surface area is 167 Å². The molecule has 1 atom stereocenters. The molecule has 8 heteroatoms. The van der Waals surface area contributed by atoms with Crippen LogP contribution in [0.5, 0.6) is 5.75 Å². The second kappa shape index (κ2) is 8.75. The minimum absolute atomic E-state index is 0.184. The molecular formula is C20H19ClN2O5. The van der Waals surface area contributed by atoms with Gasteiger partial charge in [0.2, 0.25) is 0 Å². The quantitative estimate of drug-likeness (QED) is 0.749. The molecule has 0 saturated carbocycles. The third kappa shape index (κ3) is 4.80. The van der Waals surface area contributed by atoms with E-state index in [1.54, 1.807) is 36.4 Å².